The second kappa shape index (κ2) is 7.38. The molecule has 0 N–H and O–H groups in total. The summed E-state index contributed by atoms with van der Waals surface area (Å²) in [4.78, 5) is 11.8. The van der Waals surface area contributed by atoms with E-state index in [2.05, 4.69) is 9.64 Å². The normalized spacial score (nSPS) is 19.7. The van der Waals surface area contributed by atoms with E-state index in [9.17, 15) is 13.2 Å². The van der Waals surface area contributed by atoms with Gasteiger partial charge in [-0.15, -0.1) is 0 Å². The van der Waals surface area contributed by atoms with E-state index in [1.54, 1.807) is 0 Å². The number of carbonyl (C=O) groups excluding carboxylic acids is 1. The summed E-state index contributed by atoms with van der Waals surface area (Å²) < 4.78 is 31.5. The van der Waals surface area contributed by atoms with Crippen LogP contribution >= 0.6 is 0 Å². The fraction of sp³-hybridized carbons (Fsp3) is 0.923. The van der Waals surface area contributed by atoms with Gasteiger partial charge in [-0.25, -0.2) is 0 Å². The van der Waals surface area contributed by atoms with Gasteiger partial charge >= 0.3 is 0 Å². The molecule has 0 radical (unpaired) electrons. The molecule has 120 valence electrons. The molecule has 0 aromatic heterocycles. The molecule has 0 saturated carbocycles. The number of nitrogens with zero attached hydrogens (tertiary/aromatic N) is 1. The second-order valence-electron chi connectivity index (χ2n) is 6.37. The Bertz CT molecular complexity index is 391. The summed E-state index contributed by atoms with van der Waals surface area (Å²) in [5.41, 5.74) is -0.804. The van der Waals surface area contributed by atoms with Crippen LogP contribution in [0, 0.1) is 0 Å². The third-order valence-corrected chi connectivity index (χ3v) is 3.50. The van der Waals surface area contributed by atoms with Crippen molar-refractivity contribution in [1.29, 1.82) is 0 Å². The third-order valence-electron chi connectivity index (χ3n) is 2.80. The van der Waals surface area contributed by atoms with Crippen LogP contribution in [0.15, 0.2) is 0 Å². The molecule has 1 aliphatic heterocycles. The number of likely N-dealkylation sites (tertiary alicyclic amines) is 1. The van der Waals surface area contributed by atoms with Gasteiger partial charge in [0.05, 0.1) is 11.9 Å². The van der Waals surface area contributed by atoms with Crippen molar-refractivity contribution in [2.75, 3.05) is 26.4 Å². The van der Waals surface area contributed by atoms with Crippen LogP contribution in [0.1, 0.15) is 40.5 Å². The molecule has 1 fully saturated rings. The summed E-state index contributed by atoms with van der Waals surface area (Å²) in [6.45, 7) is 9.57. The zero-order valence-corrected chi connectivity index (χ0v) is 14.1. The number of ether oxygens (including phenoxy) is 1. The Morgan fingerprint density at radius 3 is 1.90 bits per heavy atom. The molecule has 20 heavy (non-hydrogen) atoms. The van der Waals surface area contributed by atoms with Gasteiger partial charge in [0.25, 0.3) is 16.6 Å². The monoisotopic (exact) mass is 309 g/mol. The Hall–Kier alpha value is -0.660. The minimum absolute atomic E-state index is 0.318. The zero-order chi connectivity index (χ0) is 16.0. The predicted octanol–water partition coefficient (Wildman–Crippen LogP) is 1.40. The SMILES string of the molecule is CC(C)(C)OC=O.CN1CCC(C)(OS(C)(=O)=O)CC1. The number of piperidine rings is 1. The molecular weight excluding hydrogens is 282 g/mol. The molecule has 7 heteroatoms. The van der Waals surface area contributed by atoms with Crippen LogP contribution < -0.4 is 0 Å². The number of carbonyl (C=O) groups is 1. The van der Waals surface area contributed by atoms with Crippen LogP contribution in [-0.4, -0.2) is 57.4 Å². The summed E-state index contributed by atoms with van der Waals surface area (Å²) >= 11 is 0. The van der Waals surface area contributed by atoms with E-state index in [0.29, 0.717) is 6.47 Å². The third kappa shape index (κ3) is 10.2. The van der Waals surface area contributed by atoms with E-state index in [1.807, 2.05) is 34.7 Å². The van der Waals surface area contributed by atoms with Crippen molar-refractivity contribution < 1.29 is 22.1 Å². The first kappa shape index (κ1) is 19.3. The molecule has 0 aliphatic carbocycles. The Labute approximate surface area is 122 Å². The van der Waals surface area contributed by atoms with Gasteiger partial charge in [-0.3, -0.25) is 8.98 Å². The Morgan fingerprint density at radius 2 is 1.65 bits per heavy atom. The molecule has 1 aliphatic rings. The lowest BCUT2D eigenvalue weighted by Crippen LogP contribution is -2.43. The van der Waals surface area contributed by atoms with Gasteiger partial charge in [-0.2, -0.15) is 8.42 Å². The maximum atomic E-state index is 11.0. The molecule has 1 saturated heterocycles. The number of hydrogen-bond acceptors (Lipinski definition) is 6. The molecule has 0 aromatic carbocycles. The Kier molecular flexibility index (Phi) is 7.13. The number of rotatable bonds is 3. The lowest BCUT2D eigenvalue weighted by Gasteiger charge is -2.36. The molecule has 0 spiro atoms. The van der Waals surface area contributed by atoms with Crippen molar-refractivity contribution in [1.82, 2.24) is 4.90 Å². The van der Waals surface area contributed by atoms with Crippen LogP contribution in [0.3, 0.4) is 0 Å². The average Bonchev–Trinajstić information content (AvgIpc) is 2.19. The van der Waals surface area contributed by atoms with Gasteiger partial charge in [0.15, 0.2) is 0 Å². The van der Waals surface area contributed by atoms with E-state index >= 15 is 0 Å². The lowest BCUT2D eigenvalue weighted by molar-refractivity contribution is -0.138. The van der Waals surface area contributed by atoms with E-state index in [-0.39, 0.29) is 5.60 Å². The quantitative estimate of drug-likeness (QED) is 0.580. The van der Waals surface area contributed by atoms with Crippen LogP contribution in [0.5, 0.6) is 0 Å². The molecule has 6 nitrogen and oxygen atoms in total. The van der Waals surface area contributed by atoms with E-state index in [1.165, 1.54) is 0 Å². The molecule has 0 unspecified atom stereocenters. The molecule has 1 heterocycles. The zero-order valence-electron chi connectivity index (χ0n) is 13.3. The first-order chi connectivity index (χ1) is 8.87. The van der Waals surface area contributed by atoms with Gasteiger partial charge in [0.1, 0.15) is 5.60 Å². The Balaban J connectivity index is 0.000000441. The first-order valence-corrected chi connectivity index (χ1v) is 8.39. The van der Waals surface area contributed by atoms with Gasteiger partial charge in [0.2, 0.25) is 0 Å². The summed E-state index contributed by atoms with van der Waals surface area (Å²) in [5.74, 6) is 0. The van der Waals surface area contributed by atoms with E-state index < -0.39 is 15.7 Å². The van der Waals surface area contributed by atoms with Crippen molar-refractivity contribution in [2.24, 2.45) is 0 Å². The standard InChI is InChI=1S/C8H17NO3S.C5H10O2/c1-8(12-13(3,10)11)4-6-9(2)7-5-8;1-5(2,3)7-4-6/h4-7H2,1-3H3;4H,1-3H3. The highest BCUT2D eigenvalue weighted by Crippen LogP contribution is 2.26. The molecule has 0 bridgehead atoms. The van der Waals surface area contributed by atoms with Gasteiger partial charge in [0, 0.05) is 13.1 Å². The van der Waals surface area contributed by atoms with Crippen LogP contribution in [0.25, 0.3) is 0 Å². The number of hydrogen-bond donors (Lipinski definition) is 0. The second-order valence-corrected chi connectivity index (χ2v) is 7.94. The summed E-state index contributed by atoms with van der Waals surface area (Å²) in [7, 11) is -1.29. The van der Waals surface area contributed by atoms with E-state index in [0.717, 1.165) is 32.2 Å². The van der Waals surface area contributed by atoms with Gasteiger partial charge < -0.3 is 9.64 Å². The van der Waals surface area contributed by atoms with Crippen molar-refractivity contribution in [3.05, 3.63) is 0 Å². The van der Waals surface area contributed by atoms with Crippen LogP contribution in [-0.2, 0) is 23.8 Å². The van der Waals surface area contributed by atoms with Crippen molar-refractivity contribution >= 4 is 16.6 Å². The van der Waals surface area contributed by atoms with Crippen molar-refractivity contribution in [3.8, 4) is 0 Å². The maximum Gasteiger partial charge on any atom is 0.293 e. The van der Waals surface area contributed by atoms with Gasteiger partial charge in [-0.1, -0.05) is 0 Å². The topological polar surface area (TPSA) is 72.9 Å². The fourth-order valence-electron chi connectivity index (χ4n) is 1.68. The fourth-order valence-corrected chi connectivity index (χ4v) is 2.58. The average molecular weight is 309 g/mol. The highest BCUT2D eigenvalue weighted by molar-refractivity contribution is 7.86. The first-order valence-electron chi connectivity index (χ1n) is 6.57. The minimum atomic E-state index is -3.32. The van der Waals surface area contributed by atoms with Gasteiger partial charge in [-0.05, 0) is 47.6 Å². The highest BCUT2D eigenvalue weighted by atomic mass is 32.2. The largest absolute Gasteiger partial charge is 0.462 e. The summed E-state index contributed by atoms with van der Waals surface area (Å²) in [6, 6.07) is 0. The van der Waals surface area contributed by atoms with E-state index in [4.69, 9.17) is 4.18 Å². The molecule has 0 atom stereocenters. The maximum absolute atomic E-state index is 11.0. The van der Waals surface area contributed by atoms with Crippen LogP contribution in [0.2, 0.25) is 0 Å². The van der Waals surface area contributed by atoms with Crippen LogP contribution in [0.4, 0.5) is 0 Å². The van der Waals surface area contributed by atoms with Crippen molar-refractivity contribution in [3.63, 3.8) is 0 Å². The molecule has 0 amide bonds. The summed E-state index contributed by atoms with van der Waals surface area (Å²) in [6.07, 6.45) is 2.66. The molecule has 1 rings (SSSR count). The van der Waals surface area contributed by atoms with Crippen molar-refractivity contribution in [2.45, 2.75) is 51.7 Å². The minimum Gasteiger partial charge on any atom is -0.462 e. The predicted molar refractivity (Wildman–Crippen MR) is 78.0 cm³/mol. The highest BCUT2D eigenvalue weighted by Gasteiger charge is 2.33. The summed E-state index contributed by atoms with van der Waals surface area (Å²) in [5, 5.41) is 0. The molecular formula is C13H27NO5S. The molecule has 0 aromatic rings. The lowest BCUT2D eigenvalue weighted by atomic mass is 9.94. The Morgan fingerprint density at radius 1 is 1.20 bits per heavy atom. The smallest absolute Gasteiger partial charge is 0.293 e.